The van der Waals surface area contributed by atoms with Crippen LogP contribution in [0.15, 0.2) is 170 Å². The summed E-state index contributed by atoms with van der Waals surface area (Å²) >= 11 is 0. The van der Waals surface area contributed by atoms with E-state index in [-0.39, 0.29) is 0 Å². The monoisotopic (exact) mass is 612 g/mol. The molecule has 7 aromatic carbocycles. The number of aromatic nitrogens is 4. The summed E-state index contributed by atoms with van der Waals surface area (Å²) in [5, 5.41) is 7.35. The fraction of sp³-hybridized carbons (Fsp3) is 0. The second kappa shape index (κ2) is 10.5. The number of nitrogens with zero attached hydrogens (tertiary/aromatic N) is 4. The van der Waals surface area contributed by atoms with Crippen molar-refractivity contribution in [3.8, 4) is 34.2 Å². The summed E-state index contributed by atoms with van der Waals surface area (Å²) in [6, 6.07) is 60.0. The lowest BCUT2D eigenvalue weighted by Gasteiger charge is -2.12. The van der Waals surface area contributed by atoms with Crippen molar-refractivity contribution in [3.05, 3.63) is 170 Å². The summed E-state index contributed by atoms with van der Waals surface area (Å²) in [6.45, 7) is 0. The van der Waals surface area contributed by atoms with Gasteiger partial charge in [-0.25, -0.2) is 9.97 Å². The second-order valence-corrected chi connectivity index (χ2v) is 12.2. The molecule has 0 spiro atoms. The maximum Gasteiger partial charge on any atom is 0.235 e. The maximum absolute atomic E-state index is 5.23. The lowest BCUT2D eigenvalue weighted by atomic mass is 9.99. The third-order valence-corrected chi connectivity index (χ3v) is 9.54. The molecule has 0 saturated carbocycles. The number of hydrogen-bond donors (Lipinski definition) is 0. The van der Waals surface area contributed by atoms with E-state index in [2.05, 4.69) is 167 Å². The first-order chi connectivity index (χ1) is 23.8. The third-order valence-electron chi connectivity index (χ3n) is 9.54. The van der Waals surface area contributed by atoms with E-state index < -0.39 is 0 Å². The van der Waals surface area contributed by atoms with Crippen LogP contribution in [0.3, 0.4) is 0 Å². The first-order valence-corrected chi connectivity index (χ1v) is 16.3. The topological polar surface area (TPSA) is 35.6 Å². The van der Waals surface area contributed by atoms with Crippen LogP contribution in [-0.4, -0.2) is 19.1 Å². The molecule has 224 valence electrons. The normalized spacial score (nSPS) is 11.8. The van der Waals surface area contributed by atoms with Crippen molar-refractivity contribution in [3.63, 3.8) is 0 Å². The van der Waals surface area contributed by atoms with Crippen molar-refractivity contribution in [1.82, 2.24) is 19.1 Å². The van der Waals surface area contributed by atoms with E-state index in [0.29, 0.717) is 5.95 Å². The highest BCUT2D eigenvalue weighted by molar-refractivity contribution is 6.29. The van der Waals surface area contributed by atoms with Crippen LogP contribution in [0.5, 0.6) is 0 Å². The Morgan fingerprint density at radius 1 is 0.333 bits per heavy atom. The van der Waals surface area contributed by atoms with Gasteiger partial charge >= 0.3 is 0 Å². The third kappa shape index (κ3) is 3.96. The van der Waals surface area contributed by atoms with Gasteiger partial charge in [-0.15, -0.1) is 0 Å². The summed E-state index contributed by atoms with van der Waals surface area (Å²) in [7, 11) is 0. The molecule has 10 aromatic rings. The predicted octanol–water partition coefficient (Wildman–Crippen LogP) is 11.2. The van der Waals surface area contributed by atoms with Crippen LogP contribution in [0.2, 0.25) is 0 Å². The van der Waals surface area contributed by atoms with Crippen molar-refractivity contribution >= 4 is 54.4 Å². The Kier molecular flexibility index (Phi) is 5.84. The quantitative estimate of drug-likeness (QED) is 0.198. The van der Waals surface area contributed by atoms with Gasteiger partial charge in [0.15, 0.2) is 0 Å². The number of hydrogen-bond acceptors (Lipinski definition) is 2. The Morgan fingerprint density at radius 2 is 0.771 bits per heavy atom. The average Bonchev–Trinajstić information content (AvgIpc) is 3.69. The van der Waals surface area contributed by atoms with Crippen molar-refractivity contribution in [2.24, 2.45) is 0 Å². The van der Waals surface area contributed by atoms with Crippen LogP contribution in [-0.2, 0) is 0 Å². The Bertz CT molecular complexity index is 2760. The van der Waals surface area contributed by atoms with Crippen LogP contribution in [0.25, 0.3) is 88.5 Å². The molecule has 0 aliphatic heterocycles. The molecule has 0 N–H and O–H groups in total. The van der Waals surface area contributed by atoms with E-state index in [4.69, 9.17) is 9.97 Å². The molecule has 4 heteroatoms. The minimum Gasteiger partial charge on any atom is -0.309 e. The fourth-order valence-corrected chi connectivity index (χ4v) is 7.46. The molecule has 0 fully saturated rings. The molecule has 3 aromatic heterocycles. The van der Waals surface area contributed by atoms with Crippen LogP contribution in [0, 0.1) is 0 Å². The molecular weight excluding hydrogens is 585 g/mol. The van der Waals surface area contributed by atoms with E-state index >= 15 is 0 Å². The molecular formula is C44H28N4. The largest absolute Gasteiger partial charge is 0.309 e. The van der Waals surface area contributed by atoms with E-state index in [1.54, 1.807) is 0 Å². The molecule has 0 amide bonds. The highest BCUT2D eigenvalue weighted by Crippen LogP contribution is 2.42. The van der Waals surface area contributed by atoms with Gasteiger partial charge in [-0.1, -0.05) is 127 Å². The number of benzene rings is 7. The van der Waals surface area contributed by atoms with Crippen LogP contribution in [0.1, 0.15) is 0 Å². The molecule has 0 bridgehead atoms. The number of fused-ring (bicyclic) bond motifs is 9. The van der Waals surface area contributed by atoms with Gasteiger partial charge in [0, 0.05) is 38.4 Å². The Morgan fingerprint density at radius 3 is 1.31 bits per heavy atom. The molecule has 48 heavy (non-hydrogen) atoms. The minimum absolute atomic E-state index is 0.655. The molecule has 0 unspecified atom stereocenters. The SMILES string of the molecule is c1ccc(-c2cc(-c3ccccc3)nc(-n3c4ccccc4c4c5ccc6c(c5ccc43)c3ccccc3n6-c3ccccc3)n2)cc1. The van der Waals surface area contributed by atoms with Gasteiger partial charge < -0.3 is 4.57 Å². The van der Waals surface area contributed by atoms with Crippen molar-refractivity contribution in [2.45, 2.75) is 0 Å². The van der Waals surface area contributed by atoms with Crippen LogP contribution >= 0.6 is 0 Å². The van der Waals surface area contributed by atoms with Crippen LogP contribution in [0.4, 0.5) is 0 Å². The zero-order chi connectivity index (χ0) is 31.6. The van der Waals surface area contributed by atoms with E-state index in [0.717, 1.165) is 39.2 Å². The predicted molar refractivity (Wildman–Crippen MR) is 199 cm³/mol. The number of para-hydroxylation sites is 3. The van der Waals surface area contributed by atoms with Gasteiger partial charge in [0.25, 0.3) is 0 Å². The summed E-state index contributed by atoms with van der Waals surface area (Å²) in [6.07, 6.45) is 0. The van der Waals surface area contributed by atoms with E-state index in [1.807, 2.05) is 12.1 Å². The van der Waals surface area contributed by atoms with Gasteiger partial charge in [-0.3, -0.25) is 4.57 Å². The van der Waals surface area contributed by atoms with E-state index in [9.17, 15) is 0 Å². The molecule has 0 saturated heterocycles. The molecule has 3 heterocycles. The second-order valence-electron chi connectivity index (χ2n) is 12.2. The fourth-order valence-electron chi connectivity index (χ4n) is 7.46. The van der Waals surface area contributed by atoms with Crippen molar-refractivity contribution in [1.29, 1.82) is 0 Å². The lowest BCUT2D eigenvalue weighted by Crippen LogP contribution is -2.04. The zero-order valence-corrected chi connectivity index (χ0v) is 26.0. The first kappa shape index (κ1) is 26.7. The van der Waals surface area contributed by atoms with Gasteiger partial charge in [0.05, 0.1) is 33.5 Å². The van der Waals surface area contributed by atoms with Gasteiger partial charge in [0.2, 0.25) is 5.95 Å². The smallest absolute Gasteiger partial charge is 0.235 e. The highest BCUT2D eigenvalue weighted by atomic mass is 15.2. The van der Waals surface area contributed by atoms with Crippen LogP contribution < -0.4 is 0 Å². The molecule has 0 aliphatic carbocycles. The summed E-state index contributed by atoms with van der Waals surface area (Å²) in [5.74, 6) is 0.655. The Hall–Kier alpha value is -6.52. The molecule has 0 aliphatic rings. The molecule has 0 atom stereocenters. The minimum atomic E-state index is 0.655. The Labute approximate surface area is 276 Å². The summed E-state index contributed by atoms with van der Waals surface area (Å²) in [5.41, 5.74) is 9.62. The summed E-state index contributed by atoms with van der Waals surface area (Å²) in [4.78, 5) is 10.5. The van der Waals surface area contributed by atoms with Gasteiger partial charge in [-0.05, 0) is 53.2 Å². The zero-order valence-electron chi connectivity index (χ0n) is 26.0. The van der Waals surface area contributed by atoms with Crippen molar-refractivity contribution in [2.75, 3.05) is 0 Å². The van der Waals surface area contributed by atoms with Gasteiger partial charge in [-0.2, -0.15) is 0 Å². The highest BCUT2D eigenvalue weighted by Gasteiger charge is 2.21. The van der Waals surface area contributed by atoms with E-state index in [1.165, 1.54) is 43.4 Å². The number of rotatable bonds is 4. The van der Waals surface area contributed by atoms with Gasteiger partial charge in [0.1, 0.15) is 0 Å². The molecule has 0 radical (unpaired) electrons. The molecule has 10 rings (SSSR count). The Balaban J connectivity index is 1.30. The summed E-state index contributed by atoms with van der Waals surface area (Å²) < 4.78 is 4.62. The average molecular weight is 613 g/mol. The maximum atomic E-state index is 5.23. The first-order valence-electron chi connectivity index (χ1n) is 16.3. The standard InChI is InChI=1S/C44H28N4/c1-4-14-29(15-5-1)36-28-37(30-16-6-2-7-17-30)46-44(45-36)48-39-23-13-11-21-35(39)43-33-24-26-40-42(32(33)25-27-41(43)48)34-20-10-12-22-38(34)47(40)31-18-8-3-9-19-31/h1-28H. The lowest BCUT2D eigenvalue weighted by molar-refractivity contribution is 0.996. The van der Waals surface area contributed by atoms with Crippen molar-refractivity contribution < 1.29 is 0 Å². The molecule has 4 nitrogen and oxygen atoms in total.